The maximum Gasteiger partial charge on any atom is 0.304 e. The number of hydrogen-bond donors (Lipinski definition) is 0. The Kier molecular flexibility index (Phi) is 17.3. The number of ether oxygens (including phenoxy) is 9. The standard InChI is InChI=1S/C19H24O7S.C15H22O9/c1-11-17(24-13(3)21)18(25-14(4)22)16(10-23-12(2)20)26-19(11)27-15-8-6-5-7-9-15;1-7-13(21-9(3)17)14(22-10(4)18)12(6-20-8(2)16)24-15(7)23-11(5)19/h5-9,11,16-19H,10H2,1-4H3;7,12-15H,6H2,1-5H3. The van der Waals surface area contributed by atoms with Gasteiger partial charge in [0.2, 0.25) is 6.29 Å². The highest BCUT2D eigenvalue weighted by molar-refractivity contribution is 7.99. The molecule has 16 nitrogen and oxygen atoms in total. The van der Waals surface area contributed by atoms with Crippen molar-refractivity contribution in [3.8, 4) is 0 Å². The minimum absolute atomic E-state index is 0.108. The predicted molar refractivity (Wildman–Crippen MR) is 175 cm³/mol. The van der Waals surface area contributed by atoms with Crippen LogP contribution in [0.25, 0.3) is 0 Å². The van der Waals surface area contributed by atoms with E-state index in [-0.39, 0.29) is 24.6 Å². The van der Waals surface area contributed by atoms with Gasteiger partial charge in [0.15, 0.2) is 12.2 Å². The molecule has 0 N–H and O–H groups in total. The summed E-state index contributed by atoms with van der Waals surface area (Å²) in [5.41, 5.74) is -0.385. The molecule has 2 saturated heterocycles. The van der Waals surface area contributed by atoms with Gasteiger partial charge in [0, 0.05) is 59.3 Å². The fourth-order valence-electron chi connectivity index (χ4n) is 5.21. The third-order valence-electron chi connectivity index (χ3n) is 7.28. The highest BCUT2D eigenvalue weighted by Gasteiger charge is 2.50. The molecule has 2 heterocycles. The second kappa shape index (κ2) is 20.6. The molecule has 3 rings (SSSR count). The summed E-state index contributed by atoms with van der Waals surface area (Å²) in [5, 5.41) is 0. The summed E-state index contributed by atoms with van der Waals surface area (Å²) in [7, 11) is 0. The van der Waals surface area contributed by atoms with Crippen molar-refractivity contribution >= 4 is 53.5 Å². The molecule has 0 saturated carbocycles. The Morgan fingerprint density at radius 2 is 0.922 bits per heavy atom. The smallest absolute Gasteiger partial charge is 0.304 e. The molecule has 284 valence electrons. The fraction of sp³-hybridized carbons (Fsp3) is 0.618. The largest absolute Gasteiger partial charge is 0.463 e. The number of carbonyl (C=O) groups excluding carboxylic acids is 7. The van der Waals surface area contributed by atoms with E-state index >= 15 is 0 Å². The van der Waals surface area contributed by atoms with E-state index in [0.29, 0.717) is 0 Å². The van der Waals surface area contributed by atoms with E-state index in [1.807, 2.05) is 37.3 Å². The molecule has 51 heavy (non-hydrogen) atoms. The Morgan fingerprint density at radius 1 is 0.529 bits per heavy atom. The second-order valence-electron chi connectivity index (χ2n) is 11.7. The second-order valence-corrected chi connectivity index (χ2v) is 12.9. The van der Waals surface area contributed by atoms with Crippen molar-refractivity contribution < 1.29 is 76.2 Å². The van der Waals surface area contributed by atoms with E-state index in [2.05, 4.69) is 0 Å². The molecule has 0 bridgehead atoms. The minimum atomic E-state index is -1.04. The summed E-state index contributed by atoms with van der Waals surface area (Å²) < 4.78 is 48.0. The van der Waals surface area contributed by atoms with Gasteiger partial charge >= 0.3 is 41.8 Å². The highest BCUT2D eigenvalue weighted by atomic mass is 32.2. The first-order valence-corrected chi connectivity index (χ1v) is 16.9. The van der Waals surface area contributed by atoms with Crippen LogP contribution in [0.3, 0.4) is 0 Å². The van der Waals surface area contributed by atoms with Crippen LogP contribution < -0.4 is 0 Å². The first kappa shape index (κ1) is 42.9. The van der Waals surface area contributed by atoms with Gasteiger partial charge in [-0.05, 0) is 12.1 Å². The van der Waals surface area contributed by atoms with Crippen molar-refractivity contribution in [2.45, 2.75) is 116 Å². The van der Waals surface area contributed by atoms with Gasteiger partial charge in [-0.3, -0.25) is 33.6 Å². The van der Waals surface area contributed by atoms with E-state index in [4.69, 9.17) is 42.6 Å². The van der Waals surface area contributed by atoms with Gasteiger partial charge in [-0.15, -0.1) is 0 Å². The van der Waals surface area contributed by atoms with Crippen LogP contribution in [-0.2, 0) is 76.2 Å². The molecule has 17 heteroatoms. The van der Waals surface area contributed by atoms with Crippen molar-refractivity contribution in [3.63, 3.8) is 0 Å². The van der Waals surface area contributed by atoms with Crippen molar-refractivity contribution in [2.75, 3.05) is 13.2 Å². The van der Waals surface area contributed by atoms with Crippen LogP contribution >= 0.6 is 11.8 Å². The topological polar surface area (TPSA) is 203 Å². The molecular weight excluding hydrogens is 696 g/mol. The van der Waals surface area contributed by atoms with E-state index < -0.39 is 90.6 Å². The van der Waals surface area contributed by atoms with Crippen LogP contribution in [0.4, 0.5) is 0 Å². The van der Waals surface area contributed by atoms with Gasteiger partial charge in [-0.2, -0.15) is 0 Å². The summed E-state index contributed by atoms with van der Waals surface area (Å²) in [4.78, 5) is 80.5. The molecule has 0 aromatic heterocycles. The zero-order valence-electron chi connectivity index (χ0n) is 30.0. The maximum absolute atomic E-state index is 11.6. The van der Waals surface area contributed by atoms with Crippen LogP contribution in [-0.4, -0.2) is 103 Å². The average Bonchev–Trinajstić information content (AvgIpc) is 3.01. The lowest BCUT2D eigenvalue weighted by Gasteiger charge is -2.43. The average molecular weight is 743 g/mol. The molecule has 0 spiro atoms. The number of rotatable bonds is 11. The number of esters is 7. The lowest BCUT2D eigenvalue weighted by molar-refractivity contribution is -0.281. The van der Waals surface area contributed by atoms with Gasteiger partial charge in [0.1, 0.15) is 43.1 Å². The zero-order chi connectivity index (χ0) is 38.4. The molecule has 2 aliphatic heterocycles. The number of thioether (sulfide) groups is 1. The van der Waals surface area contributed by atoms with Gasteiger partial charge in [0.05, 0.1) is 5.92 Å². The predicted octanol–water partition coefficient (Wildman–Crippen LogP) is 2.90. The Hall–Kier alpha value is -4.22. The minimum Gasteiger partial charge on any atom is -0.463 e. The van der Waals surface area contributed by atoms with Crippen molar-refractivity contribution in [1.82, 2.24) is 0 Å². The highest BCUT2D eigenvalue weighted by Crippen LogP contribution is 2.39. The van der Waals surface area contributed by atoms with Crippen molar-refractivity contribution in [2.24, 2.45) is 11.8 Å². The monoisotopic (exact) mass is 742 g/mol. The first-order chi connectivity index (χ1) is 23.9. The quantitative estimate of drug-likeness (QED) is 0.236. The van der Waals surface area contributed by atoms with Crippen molar-refractivity contribution in [3.05, 3.63) is 30.3 Å². The van der Waals surface area contributed by atoms with Crippen LogP contribution in [0, 0.1) is 11.8 Å². The molecule has 10 atom stereocenters. The molecule has 2 aliphatic rings. The molecule has 0 radical (unpaired) electrons. The van der Waals surface area contributed by atoms with Gasteiger partial charge in [-0.1, -0.05) is 43.8 Å². The molecule has 0 amide bonds. The summed E-state index contributed by atoms with van der Waals surface area (Å²) in [5.74, 6) is -4.73. The summed E-state index contributed by atoms with van der Waals surface area (Å²) >= 11 is 1.47. The summed E-state index contributed by atoms with van der Waals surface area (Å²) in [6.07, 6.45) is -6.27. The van der Waals surface area contributed by atoms with E-state index in [1.165, 1.54) is 60.2 Å². The molecule has 1 aromatic rings. The summed E-state index contributed by atoms with van der Waals surface area (Å²) in [6, 6.07) is 9.63. The Labute approximate surface area is 300 Å². The van der Waals surface area contributed by atoms with E-state index in [0.717, 1.165) is 4.90 Å². The van der Waals surface area contributed by atoms with Crippen LogP contribution in [0.2, 0.25) is 0 Å². The van der Waals surface area contributed by atoms with Crippen molar-refractivity contribution in [1.29, 1.82) is 0 Å². The Morgan fingerprint density at radius 3 is 1.33 bits per heavy atom. The Bertz CT molecular complexity index is 1350. The van der Waals surface area contributed by atoms with Crippen LogP contribution in [0.5, 0.6) is 0 Å². The van der Waals surface area contributed by atoms with Gasteiger partial charge in [-0.25, -0.2) is 0 Å². The lowest BCUT2D eigenvalue weighted by Crippen LogP contribution is -2.58. The zero-order valence-corrected chi connectivity index (χ0v) is 30.8. The lowest BCUT2D eigenvalue weighted by atomic mass is 9.92. The van der Waals surface area contributed by atoms with Gasteiger partial charge < -0.3 is 42.6 Å². The molecular formula is C34H46O16S. The van der Waals surface area contributed by atoms with E-state index in [1.54, 1.807) is 6.92 Å². The number of carbonyl (C=O) groups is 7. The SMILES string of the molecule is CC(=O)OCC1OC(OC(C)=O)C(C)C(OC(C)=O)C1OC(C)=O.CC(=O)OCC1OC(Sc2ccccc2)C(C)C(OC(C)=O)C1OC(C)=O. The first-order valence-electron chi connectivity index (χ1n) is 16.0. The third kappa shape index (κ3) is 14.5. The fourth-order valence-corrected chi connectivity index (χ4v) is 6.36. The van der Waals surface area contributed by atoms with E-state index in [9.17, 15) is 33.6 Å². The normalized spacial score (nSPS) is 28.3. The number of hydrogen-bond acceptors (Lipinski definition) is 17. The van der Waals surface area contributed by atoms with Crippen LogP contribution in [0.15, 0.2) is 35.2 Å². The summed E-state index contributed by atoms with van der Waals surface area (Å²) in [6.45, 7) is 11.8. The molecule has 2 fully saturated rings. The molecule has 0 aliphatic carbocycles. The van der Waals surface area contributed by atoms with Crippen LogP contribution in [0.1, 0.15) is 62.3 Å². The third-order valence-corrected chi connectivity index (χ3v) is 8.60. The molecule has 10 unspecified atom stereocenters. The number of benzene rings is 1. The maximum atomic E-state index is 11.6. The molecule has 1 aromatic carbocycles. The Balaban J connectivity index is 0.000000356. The van der Waals surface area contributed by atoms with Gasteiger partial charge in [0.25, 0.3) is 0 Å².